The van der Waals surface area contributed by atoms with Gasteiger partial charge in [0.2, 0.25) is 0 Å². The summed E-state index contributed by atoms with van der Waals surface area (Å²) in [6, 6.07) is 5.48. The molecule has 0 unspecified atom stereocenters. The maximum Gasteiger partial charge on any atom is 0.357 e. The SMILES string of the molecule is CCOC(=O)c1ccc(NS(=O)(=O)O)cc1. The molecule has 0 saturated heterocycles. The van der Waals surface area contributed by atoms with Crippen molar-refractivity contribution in [3.05, 3.63) is 29.8 Å². The van der Waals surface area contributed by atoms with Crippen LogP contribution in [0.4, 0.5) is 5.69 Å². The summed E-state index contributed by atoms with van der Waals surface area (Å²) in [5.74, 6) is -0.485. The van der Waals surface area contributed by atoms with E-state index in [1.54, 1.807) is 6.92 Å². The summed E-state index contributed by atoms with van der Waals surface area (Å²) < 4.78 is 36.0. The molecule has 1 aromatic rings. The predicted octanol–water partition coefficient (Wildman–Crippen LogP) is 1.08. The maximum absolute atomic E-state index is 11.2. The van der Waals surface area contributed by atoms with Crippen LogP contribution in [-0.4, -0.2) is 25.5 Å². The van der Waals surface area contributed by atoms with Crippen LogP contribution in [0.1, 0.15) is 17.3 Å². The monoisotopic (exact) mass is 245 g/mol. The molecule has 0 heterocycles. The molecule has 0 radical (unpaired) electrons. The molecular formula is C9H11NO5S. The lowest BCUT2D eigenvalue weighted by Crippen LogP contribution is -2.10. The van der Waals surface area contributed by atoms with E-state index in [0.717, 1.165) is 0 Å². The fraction of sp³-hybridized carbons (Fsp3) is 0.222. The van der Waals surface area contributed by atoms with E-state index in [1.807, 2.05) is 4.72 Å². The summed E-state index contributed by atoms with van der Waals surface area (Å²) in [5.41, 5.74) is 0.471. The van der Waals surface area contributed by atoms with Gasteiger partial charge in [0.05, 0.1) is 17.9 Å². The van der Waals surface area contributed by atoms with Crippen LogP contribution in [0.5, 0.6) is 0 Å². The van der Waals surface area contributed by atoms with Crippen LogP contribution in [-0.2, 0) is 15.0 Å². The first-order valence-electron chi connectivity index (χ1n) is 4.45. The fourth-order valence-electron chi connectivity index (χ4n) is 1.04. The molecule has 6 nitrogen and oxygen atoms in total. The average Bonchev–Trinajstić information content (AvgIpc) is 2.16. The van der Waals surface area contributed by atoms with Gasteiger partial charge in [0, 0.05) is 0 Å². The highest BCUT2D eigenvalue weighted by molar-refractivity contribution is 7.87. The molecule has 0 aliphatic heterocycles. The standard InChI is InChI=1S/C9H11NO5S/c1-2-15-9(11)7-3-5-8(6-4-7)10-16(12,13)14/h3-6,10H,2H2,1H3,(H,12,13,14). The van der Waals surface area contributed by atoms with Gasteiger partial charge < -0.3 is 4.74 Å². The first kappa shape index (κ1) is 12.5. The lowest BCUT2D eigenvalue weighted by molar-refractivity contribution is 0.0526. The molecule has 16 heavy (non-hydrogen) atoms. The molecule has 0 bridgehead atoms. The van der Waals surface area contributed by atoms with E-state index in [4.69, 9.17) is 9.29 Å². The molecule has 0 spiro atoms. The molecule has 7 heteroatoms. The maximum atomic E-state index is 11.2. The number of rotatable bonds is 4. The van der Waals surface area contributed by atoms with Gasteiger partial charge in [0.15, 0.2) is 0 Å². The van der Waals surface area contributed by atoms with E-state index in [9.17, 15) is 13.2 Å². The van der Waals surface area contributed by atoms with Crippen molar-refractivity contribution < 1.29 is 22.5 Å². The molecule has 1 aromatic carbocycles. The van der Waals surface area contributed by atoms with E-state index < -0.39 is 16.3 Å². The first-order chi connectivity index (χ1) is 7.42. The Labute approximate surface area is 93.1 Å². The van der Waals surface area contributed by atoms with Crippen molar-refractivity contribution in [3.8, 4) is 0 Å². The predicted molar refractivity (Wildman–Crippen MR) is 57.6 cm³/mol. The van der Waals surface area contributed by atoms with E-state index in [2.05, 4.69) is 0 Å². The number of carbonyl (C=O) groups excluding carboxylic acids is 1. The van der Waals surface area contributed by atoms with Crippen molar-refractivity contribution in [2.75, 3.05) is 11.3 Å². The molecule has 0 fully saturated rings. The molecule has 0 aromatic heterocycles. The Bertz CT molecular complexity index is 465. The first-order valence-corrected chi connectivity index (χ1v) is 5.89. The van der Waals surface area contributed by atoms with Crippen LogP contribution in [0.25, 0.3) is 0 Å². The van der Waals surface area contributed by atoms with Crippen LogP contribution < -0.4 is 4.72 Å². The molecule has 88 valence electrons. The van der Waals surface area contributed by atoms with Gasteiger partial charge in [0.1, 0.15) is 0 Å². The van der Waals surface area contributed by atoms with E-state index in [1.165, 1.54) is 24.3 Å². The number of benzene rings is 1. The highest BCUT2D eigenvalue weighted by Crippen LogP contribution is 2.11. The zero-order valence-corrected chi connectivity index (χ0v) is 9.32. The van der Waals surface area contributed by atoms with Gasteiger partial charge in [-0.25, -0.2) is 4.79 Å². The van der Waals surface area contributed by atoms with Gasteiger partial charge in [-0.15, -0.1) is 0 Å². The highest BCUT2D eigenvalue weighted by Gasteiger charge is 2.07. The van der Waals surface area contributed by atoms with Crippen molar-refractivity contribution in [1.82, 2.24) is 0 Å². The van der Waals surface area contributed by atoms with Crippen molar-refractivity contribution in [2.45, 2.75) is 6.92 Å². The third-order valence-corrected chi connectivity index (χ3v) is 2.14. The third kappa shape index (κ3) is 3.87. The smallest absolute Gasteiger partial charge is 0.357 e. The summed E-state index contributed by atoms with van der Waals surface area (Å²) in [5, 5.41) is 0. The minimum Gasteiger partial charge on any atom is -0.462 e. The average molecular weight is 245 g/mol. The molecule has 0 aliphatic carbocycles. The number of hydrogen-bond acceptors (Lipinski definition) is 4. The molecule has 0 aliphatic rings. The third-order valence-electron chi connectivity index (χ3n) is 1.64. The van der Waals surface area contributed by atoms with Crippen molar-refractivity contribution in [1.29, 1.82) is 0 Å². The molecule has 0 amide bonds. The van der Waals surface area contributed by atoms with Crippen LogP contribution in [0.2, 0.25) is 0 Å². The molecule has 1 rings (SSSR count). The molecule has 0 saturated carbocycles. The van der Waals surface area contributed by atoms with Crippen LogP contribution in [0.3, 0.4) is 0 Å². The lowest BCUT2D eigenvalue weighted by Gasteiger charge is -2.04. The van der Waals surface area contributed by atoms with Gasteiger partial charge in [-0.05, 0) is 31.2 Å². The number of carbonyl (C=O) groups is 1. The second kappa shape index (κ2) is 4.95. The van der Waals surface area contributed by atoms with E-state index in [0.29, 0.717) is 5.56 Å². The Balaban J connectivity index is 2.79. The summed E-state index contributed by atoms with van der Waals surface area (Å²) >= 11 is 0. The normalized spacial score (nSPS) is 10.9. The Kier molecular flexibility index (Phi) is 3.86. The Morgan fingerprint density at radius 1 is 1.38 bits per heavy atom. The molecular weight excluding hydrogens is 234 g/mol. The van der Waals surface area contributed by atoms with Crippen molar-refractivity contribution in [3.63, 3.8) is 0 Å². The second-order valence-corrected chi connectivity index (χ2v) is 4.03. The van der Waals surface area contributed by atoms with E-state index in [-0.39, 0.29) is 12.3 Å². The zero-order chi connectivity index (χ0) is 12.2. The van der Waals surface area contributed by atoms with Gasteiger partial charge in [-0.2, -0.15) is 8.42 Å². The number of ether oxygens (including phenoxy) is 1. The lowest BCUT2D eigenvalue weighted by atomic mass is 10.2. The minimum atomic E-state index is -4.29. The van der Waals surface area contributed by atoms with Crippen LogP contribution >= 0.6 is 0 Å². The quantitative estimate of drug-likeness (QED) is 0.611. The van der Waals surface area contributed by atoms with Crippen LogP contribution in [0.15, 0.2) is 24.3 Å². The number of anilines is 1. The summed E-state index contributed by atoms with van der Waals surface area (Å²) in [6.45, 7) is 1.95. The topological polar surface area (TPSA) is 92.7 Å². The Hall–Kier alpha value is -1.60. The Morgan fingerprint density at radius 2 is 1.94 bits per heavy atom. The number of esters is 1. The molecule has 0 atom stereocenters. The summed E-state index contributed by atoms with van der Waals surface area (Å²) in [7, 11) is -4.29. The van der Waals surface area contributed by atoms with Gasteiger partial charge in [-0.3, -0.25) is 9.27 Å². The van der Waals surface area contributed by atoms with Crippen molar-refractivity contribution in [2.24, 2.45) is 0 Å². The van der Waals surface area contributed by atoms with Crippen molar-refractivity contribution >= 4 is 22.0 Å². The zero-order valence-electron chi connectivity index (χ0n) is 8.50. The largest absolute Gasteiger partial charge is 0.462 e. The van der Waals surface area contributed by atoms with Gasteiger partial charge >= 0.3 is 16.3 Å². The summed E-state index contributed by atoms with van der Waals surface area (Å²) in [6.07, 6.45) is 0. The summed E-state index contributed by atoms with van der Waals surface area (Å²) in [4.78, 5) is 11.2. The molecule has 2 N–H and O–H groups in total. The van der Waals surface area contributed by atoms with Crippen LogP contribution in [0, 0.1) is 0 Å². The van der Waals surface area contributed by atoms with Gasteiger partial charge in [0.25, 0.3) is 0 Å². The highest BCUT2D eigenvalue weighted by atomic mass is 32.2. The minimum absolute atomic E-state index is 0.163. The van der Waals surface area contributed by atoms with Gasteiger partial charge in [-0.1, -0.05) is 0 Å². The second-order valence-electron chi connectivity index (χ2n) is 2.87. The van der Waals surface area contributed by atoms with E-state index >= 15 is 0 Å². The number of hydrogen-bond donors (Lipinski definition) is 2. The number of nitrogens with one attached hydrogen (secondary N) is 1. The fourth-order valence-corrected chi connectivity index (χ4v) is 1.47. The Morgan fingerprint density at radius 3 is 2.38 bits per heavy atom.